The summed E-state index contributed by atoms with van der Waals surface area (Å²) in [5, 5.41) is 14.4. The first-order valence-corrected chi connectivity index (χ1v) is 11.6. The van der Waals surface area contributed by atoms with Crippen LogP contribution in [0.15, 0.2) is 83.3 Å². The molecule has 1 aliphatic heterocycles. The standard InChI is InChI=1S/C27H24N4O5/c32-24(18-19-10-12-21(13-11-19)31(34)35)28-25-22-8-4-5-9-23(22)36-26(25)27(33)30-16-14-29(15-17-30)20-6-2-1-3-7-20/h1-13H,14-18H2,(H,28,32). The Labute approximate surface area is 207 Å². The van der Waals surface area contributed by atoms with E-state index in [1.54, 1.807) is 35.2 Å². The number of nitrogens with zero attached hydrogens (tertiary/aromatic N) is 3. The lowest BCUT2D eigenvalue weighted by Gasteiger charge is -2.35. The maximum Gasteiger partial charge on any atom is 0.291 e. The molecule has 9 nitrogen and oxygen atoms in total. The van der Waals surface area contributed by atoms with Gasteiger partial charge in [-0.05, 0) is 29.8 Å². The fourth-order valence-corrected chi connectivity index (χ4v) is 4.37. The molecule has 36 heavy (non-hydrogen) atoms. The zero-order valence-electron chi connectivity index (χ0n) is 19.4. The predicted octanol–water partition coefficient (Wildman–Crippen LogP) is 4.48. The van der Waals surface area contributed by atoms with Crippen molar-refractivity contribution in [1.29, 1.82) is 0 Å². The van der Waals surface area contributed by atoms with Gasteiger partial charge in [-0.15, -0.1) is 0 Å². The SMILES string of the molecule is O=C(Cc1ccc([N+](=O)[O-])cc1)Nc1c(C(=O)N2CCN(c3ccccc3)CC2)oc2ccccc12. The number of hydrogen-bond acceptors (Lipinski definition) is 6. The van der Waals surface area contributed by atoms with Crippen LogP contribution in [-0.4, -0.2) is 47.8 Å². The number of nitrogens with one attached hydrogen (secondary N) is 1. The van der Waals surface area contributed by atoms with Crippen LogP contribution in [0.25, 0.3) is 11.0 Å². The molecule has 1 aliphatic rings. The summed E-state index contributed by atoms with van der Waals surface area (Å²) in [5.41, 5.74) is 2.55. The van der Waals surface area contributed by atoms with Crippen LogP contribution < -0.4 is 10.2 Å². The summed E-state index contributed by atoms with van der Waals surface area (Å²) in [6.45, 7) is 2.44. The van der Waals surface area contributed by atoms with Crippen LogP contribution in [0.2, 0.25) is 0 Å². The number of carbonyl (C=O) groups excluding carboxylic acids is 2. The Hall–Kier alpha value is -4.66. The van der Waals surface area contributed by atoms with Crippen LogP contribution in [0, 0.1) is 10.1 Å². The van der Waals surface area contributed by atoms with Crippen molar-refractivity contribution in [1.82, 2.24) is 4.90 Å². The lowest BCUT2D eigenvalue weighted by atomic mass is 10.1. The Bertz CT molecular complexity index is 1410. The quantitative estimate of drug-likeness (QED) is 0.319. The summed E-state index contributed by atoms with van der Waals surface area (Å²) >= 11 is 0. The third kappa shape index (κ3) is 4.76. The smallest absolute Gasteiger partial charge is 0.291 e. The van der Waals surface area contributed by atoms with Gasteiger partial charge in [0.05, 0.1) is 11.3 Å². The molecule has 9 heteroatoms. The fraction of sp³-hybridized carbons (Fsp3) is 0.185. The van der Waals surface area contributed by atoms with Gasteiger partial charge in [0.25, 0.3) is 11.6 Å². The Morgan fingerprint density at radius 1 is 0.889 bits per heavy atom. The van der Waals surface area contributed by atoms with Crippen LogP contribution in [-0.2, 0) is 11.2 Å². The molecule has 1 fully saturated rings. The molecule has 182 valence electrons. The van der Waals surface area contributed by atoms with Gasteiger partial charge >= 0.3 is 0 Å². The molecule has 1 N–H and O–H groups in total. The summed E-state index contributed by atoms with van der Waals surface area (Å²) in [6, 6.07) is 23.0. The number of piperazine rings is 1. The monoisotopic (exact) mass is 484 g/mol. The van der Waals surface area contributed by atoms with E-state index in [0.29, 0.717) is 48.4 Å². The van der Waals surface area contributed by atoms with E-state index < -0.39 is 4.92 Å². The van der Waals surface area contributed by atoms with E-state index in [9.17, 15) is 19.7 Å². The first-order valence-electron chi connectivity index (χ1n) is 11.6. The molecule has 2 heterocycles. The minimum absolute atomic E-state index is 0.000875. The topological polar surface area (TPSA) is 109 Å². The summed E-state index contributed by atoms with van der Waals surface area (Å²) in [5.74, 6) is -0.524. The number of anilines is 2. The molecule has 0 atom stereocenters. The molecular weight excluding hydrogens is 460 g/mol. The van der Waals surface area contributed by atoms with E-state index in [1.165, 1.54) is 12.1 Å². The van der Waals surface area contributed by atoms with Gasteiger partial charge in [-0.25, -0.2) is 0 Å². The molecule has 4 aromatic rings. The molecule has 1 aromatic heterocycles. The highest BCUT2D eigenvalue weighted by Gasteiger charge is 2.29. The van der Waals surface area contributed by atoms with Gasteiger partial charge < -0.3 is 19.5 Å². The average Bonchev–Trinajstić information content (AvgIpc) is 3.27. The predicted molar refractivity (Wildman–Crippen MR) is 136 cm³/mol. The number of carbonyl (C=O) groups is 2. The van der Waals surface area contributed by atoms with Gasteiger partial charge in [-0.2, -0.15) is 0 Å². The van der Waals surface area contributed by atoms with Gasteiger partial charge in [0.1, 0.15) is 11.3 Å². The molecule has 2 amide bonds. The second-order valence-corrected chi connectivity index (χ2v) is 8.57. The van der Waals surface area contributed by atoms with E-state index in [4.69, 9.17) is 4.42 Å². The van der Waals surface area contributed by atoms with Gasteiger partial charge in [0.2, 0.25) is 11.7 Å². The third-order valence-corrected chi connectivity index (χ3v) is 6.25. The van der Waals surface area contributed by atoms with Crippen LogP contribution in [0.3, 0.4) is 0 Å². The molecule has 1 saturated heterocycles. The number of benzene rings is 3. The van der Waals surface area contributed by atoms with Gasteiger partial charge in [-0.3, -0.25) is 19.7 Å². The van der Waals surface area contributed by atoms with Gasteiger partial charge in [-0.1, -0.05) is 42.5 Å². The van der Waals surface area contributed by atoms with Crippen molar-refractivity contribution in [2.75, 3.05) is 36.4 Å². The number of hydrogen-bond donors (Lipinski definition) is 1. The molecule has 0 unspecified atom stereocenters. The van der Waals surface area contributed by atoms with Crippen molar-refractivity contribution >= 4 is 39.8 Å². The Kier molecular flexibility index (Phi) is 6.36. The van der Waals surface area contributed by atoms with Crippen molar-refractivity contribution in [2.45, 2.75) is 6.42 Å². The number of nitro groups is 1. The summed E-state index contributed by atoms with van der Waals surface area (Å²) in [7, 11) is 0. The molecule has 0 radical (unpaired) electrons. The normalized spacial score (nSPS) is 13.6. The highest BCUT2D eigenvalue weighted by Crippen LogP contribution is 2.32. The number of rotatable bonds is 6. The van der Waals surface area contributed by atoms with Crippen molar-refractivity contribution in [3.63, 3.8) is 0 Å². The van der Waals surface area contributed by atoms with Crippen molar-refractivity contribution in [3.05, 3.63) is 100 Å². The lowest BCUT2D eigenvalue weighted by Crippen LogP contribution is -2.48. The van der Waals surface area contributed by atoms with E-state index >= 15 is 0 Å². The largest absolute Gasteiger partial charge is 0.449 e. The zero-order chi connectivity index (χ0) is 25.1. The second-order valence-electron chi connectivity index (χ2n) is 8.57. The van der Waals surface area contributed by atoms with E-state index in [-0.39, 0.29) is 29.7 Å². The first-order chi connectivity index (χ1) is 17.5. The fourth-order valence-electron chi connectivity index (χ4n) is 4.37. The maximum atomic E-state index is 13.5. The molecule has 0 aliphatic carbocycles. The van der Waals surface area contributed by atoms with Crippen molar-refractivity contribution < 1.29 is 18.9 Å². The second kappa shape index (κ2) is 9.91. The highest BCUT2D eigenvalue weighted by atomic mass is 16.6. The Morgan fingerprint density at radius 3 is 2.25 bits per heavy atom. The highest BCUT2D eigenvalue weighted by molar-refractivity contribution is 6.11. The van der Waals surface area contributed by atoms with E-state index in [1.807, 2.05) is 24.3 Å². The summed E-state index contributed by atoms with van der Waals surface area (Å²) < 4.78 is 5.92. The molecule has 0 spiro atoms. The molecular formula is C27H24N4O5. The molecule has 0 bridgehead atoms. The van der Waals surface area contributed by atoms with Gasteiger partial charge in [0.15, 0.2) is 0 Å². The minimum Gasteiger partial charge on any atom is -0.449 e. The molecule has 5 rings (SSSR count). The summed E-state index contributed by atoms with van der Waals surface area (Å²) in [6.07, 6.45) is 0.000875. The molecule has 3 aromatic carbocycles. The third-order valence-electron chi connectivity index (χ3n) is 6.25. The van der Waals surface area contributed by atoms with Crippen LogP contribution in [0.5, 0.6) is 0 Å². The minimum atomic E-state index is -0.487. The zero-order valence-corrected chi connectivity index (χ0v) is 19.4. The van der Waals surface area contributed by atoms with E-state index in [2.05, 4.69) is 22.3 Å². The number of nitro benzene ring substituents is 1. The number of furan rings is 1. The first kappa shape index (κ1) is 23.1. The van der Waals surface area contributed by atoms with Crippen LogP contribution in [0.1, 0.15) is 16.1 Å². The maximum absolute atomic E-state index is 13.5. The lowest BCUT2D eigenvalue weighted by molar-refractivity contribution is -0.384. The Balaban J connectivity index is 1.33. The molecule has 0 saturated carbocycles. The van der Waals surface area contributed by atoms with Crippen molar-refractivity contribution in [2.24, 2.45) is 0 Å². The van der Waals surface area contributed by atoms with E-state index in [0.717, 1.165) is 5.69 Å². The summed E-state index contributed by atoms with van der Waals surface area (Å²) in [4.78, 5) is 40.7. The van der Waals surface area contributed by atoms with Crippen molar-refractivity contribution in [3.8, 4) is 0 Å². The number of non-ortho nitro benzene ring substituents is 1. The average molecular weight is 485 g/mol. The van der Waals surface area contributed by atoms with Crippen LogP contribution in [0.4, 0.5) is 17.1 Å². The number of amides is 2. The number of fused-ring (bicyclic) bond motifs is 1. The van der Waals surface area contributed by atoms with Gasteiger partial charge in [0, 0.05) is 49.4 Å². The Morgan fingerprint density at radius 2 is 1.56 bits per heavy atom. The van der Waals surface area contributed by atoms with Crippen LogP contribution >= 0.6 is 0 Å². The number of para-hydroxylation sites is 2.